The Bertz CT molecular complexity index is 636. The van der Waals surface area contributed by atoms with Crippen molar-refractivity contribution in [3.05, 3.63) is 28.8 Å². The van der Waals surface area contributed by atoms with Crippen LogP contribution in [0, 0.1) is 5.92 Å². The number of halogens is 1. The van der Waals surface area contributed by atoms with Gasteiger partial charge in [-0.3, -0.25) is 4.79 Å². The summed E-state index contributed by atoms with van der Waals surface area (Å²) < 4.78 is 5.29. The van der Waals surface area contributed by atoms with Crippen LogP contribution in [0.4, 0.5) is 10.5 Å². The molecule has 0 aromatic heterocycles. The fraction of sp³-hybridized carbons (Fsp3) is 0.556. The zero-order valence-electron chi connectivity index (χ0n) is 14.8. The lowest BCUT2D eigenvalue weighted by Crippen LogP contribution is -2.49. The topological polar surface area (TPSA) is 87.7 Å². The normalized spacial score (nSPS) is 17.0. The molecular formula is C18H25ClN2O4. The van der Waals surface area contributed by atoms with E-state index in [1.165, 1.54) is 0 Å². The number of hydrogen-bond donors (Lipinski definition) is 3. The Morgan fingerprint density at radius 2 is 1.92 bits per heavy atom. The summed E-state index contributed by atoms with van der Waals surface area (Å²) in [5.74, 6) is -0.469. The molecule has 1 aliphatic heterocycles. The monoisotopic (exact) mass is 368 g/mol. The lowest BCUT2D eigenvalue weighted by molar-refractivity contribution is -0.120. The smallest absolute Gasteiger partial charge is 0.405 e. The van der Waals surface area contributed by atoms with Gasteiger partial charge in [0.25, 0.3) is 0 Å². The third kappa shape index (κ3) is 5.34. The summed E-state index contributed by atoms with van der Waals surface area (Å²) in [7, 11) is 0. The first-order valence-corrected chi connectivity index (χ1v) is 8.74. The molecular weight excluding hydrogens is 344 g/mol. The molecule has 1 heterocycles. The van der Waals surface area contributed by atoms with Crippen molar-refractivity contribution in [2.45, 2.75) is 45.1 Å². The number of carbonyl (C=O) groups is 2. The zero-order valence-corrected chi connectivity index (χ0v) is 15.5. The van der Waals surface area contributed by atoms with Crippen LogP contribution in [0.2, 0.25) is 5.02 Å². The first-order valence-electron chi connectivity index (χ1n) is 8.36. The van der Waals surface area contributed by atoms with Gasteiger partial charge in [0.1, 0.15) is 6.04 Å². The van der Waals surface area contributed by atoms with E-state index in [9.17, 15) is 9.59 Å². The highest BCUT2D eigenvalue weighted by molar-refractivity contribution is 6.31. The maximum absolute atomic E-state index is 12.6. The number of ether oxygens (including phenoxy) is 1. The van der Waals surface area contributed by atoms with Gasteiger partial charge in [-0.2, -0.15) is 0 Å². The van der Waals surface area contributed by atoms with Gasteiger partial charge < -0.3 is 20.5 Å². The fourth-order valence-corrected chi connectivity index (χ4v) is 3.46. The predicted octanol–water partition coefficient (Wildman–Crippen LogP) is 3.64. The van der Waals surface area contributed by atoms with Crippen molar-refractivity contribution < 1.29 is 19.4 Å². The minimum Gasteiger partial charge on any atom is -0.465 e. The molecule has 7 heteroatoms. The Labute approximate surface area is 152 Å². The first kappa shape index (κ1) is 19.5. The Morgan fingerprint density at radius 1 is 1.28 bits per heavy atom. The summed E-state index contributed by atoms with van der Waals surface area (Å²) in [6, 6.07) is 4.54. The maximum Gasteiger partial charge on any atom is 0.405 e. The number of benzene rings is 1. The molecule has 1 aromatic rings. The van der Waals surface area contributed by atoms with E-state index >= 15 is 0 Å². The van der Waals surface area contributed by atoms with Gasteiger partial charge in [0.2, 0.25) is 5.91 Å². The second-order valence-corrected chi connectivity index (χ2v) is 7.72. The molecule has 0 radical (unpaired) electrons. The van der Waals surface area contributed by atoms with E-state index in [4.69, 9.17) is 21.4 Å². The van der Waals surface area contributed by atoms with Crippen molar-refractivity contribution in [2.75, 3.05) is 18.5 Å². The van der Waals surface area contributed by atoms with Crippen LogP contribution in [0.3, 0.4) is 0 Å². The minimum atomic E-state index is -1.22. The van der Waals surface area contributed by atoms with Crippen molar-refractivity contribution in [1.82, 2.24) is 5.32 Å². The summed E-state index contributed by atoms with van der Waals surface area (Å²) in [6.07, 6.45) is 0.0669. The van der Waals surface area contributed by atoms with E-state index in [1.807, 2.05) is 6.07 Å². The third-order valence-corrected chi connectivity index (χ3v) is 4.66. The van der Waals surface area contributed by atoms with Crippen LogP contribution in [0.15, 0.2) is 18.2 Å². The van der Waals surface area contributed by atoms with Crippen molar-refractivity contribution in [1.29, 1.82) is 0 Å². The number of anilines is 1. The van der Waals surface area contributed by atoms with Crippen molar-refractivity contribution in [3.8, 4) is 0 Å². The second kappa shape index (κ2) is 8.06. The van der Waals surface area contributed by atoms with E-state index in [0.29, 0.717) is 36.8 Å². The van der Waals surface area contributed by atoms with Gasteiger partial charge in [-0.1, -0.05) is 38.4 Å². The van der Waals surface area contributed by atoms with Gasteiger partial charge in [0.15, 0.2) is 0 Å². The first-order chi connectivity index (χ1) is 11.7. The van der Waals surface area contributed by atoms with Crippen LogP contribution in [0.1, 0.15) is 39.2 Å². The number of rotatable bonds is 4. The Balaban J connectivity index is 2.14. The molecule has 0 aliphatic carbocycles. The number of nitrogens with one attached hydrogen (secondary N) is 2. The largest absolute Gasteiger partial charge is 0.465 e. The molecule has 6 nitrogen and oxygen atoms in total. The van der Waals surface area contributed by atoms with Crippen LogP contribution >= 0.6 is 11.6 Å². The molecule has 25 heavy (non-hydrogen) atoms. The highest BCUT2D eigenvalue weighted by atomic mass is 35.5. The van der Waals surface area contributed by atoms with E-state index in [0.717, 1.165) is 5.56 Å². The Hall–Kier alpha value is -1.79. The van der Waals surface area contributed by atoms with Gasteiger partial charge in [0, 0.05) is 23.9 Å². The van der Waals surface area contributed by atoms with Gasteiger partial charge >= 0.3 is 6.09 Å². The molecule has 1 unspecified atom stereocenters. The molecule has 138 valence electrons. The Kier molecular flexibility index (Phi) is 6.30. The number of carbonyl (C=O) groups excluding carboxylic acids is 1. The van der Waals surface area contributed by atoms with Crippen LogP contribution in [-0.2, 0) is 14.9 Å². The molecule has 2 rings (SSSR count). The van der Waals surface area contributed by atoms with Crippen molar-refractivity contribution >= 4 is 29.3 Å². The second-order valence-electron chi connectivity index (χ2n) is 7.31. The molecule has 1 aliphatic rings. The summed E-state index contributed by atoms with van der Waals surface area (Å²) in [5.41, 5.74) is 1.43. The van der Waals surface area contributed by atoms with Crippen molar-refractivity contribution in [2.24, 2.45) is 5.92 Å². The van der Waals surface area contributed by atoms with Crippen molar-refractivity contribution in [3.63, 3.8) is 0 Å². The molecule has 0 spiro atoms. The summed E-state index contributed by atoms with van der Waals surface area (Å²) >= 11 is 6.33. The summed E-state index contributed by atoms with van der Waals surface area (Å²) in [6.45, 7) is 7.24. The molecule has 2 amide bonds. The standard InChI is InChI=1S/C18H25ClN2O4/c1-18(2,3)13-5-4-12(10-14(13)19)20-16(22)15(21-17(23)24)11-6-8-25-9-7-11/h4-5,10-11,15,21H,6-9H2,1-3H3,(H,20,22)(H,23,24). The maximum atomic E-state index is 12.6. The molecule has 3 N–H and O–H groups in total. The molecule has 1 atom stereocenters. The molecule has 1 saturated heterocycles. The molecule has 0 bridgehead atoms. The average molecular weight is 369 g/mol. The minimum absolute atomic E-state index is 0.0887. The molecule has 0 saturated carbocycles. The number of carboxylic acid groups (broad SMARTS) is 1. The molecule has 1 fully saturated rings. The van der Waals surface area contributed by atoms with Gasteiger partial charge in [-0.15, -0.1) is 0 Å². The van der Waals surface area contributed by atoms with E-state index < -0.39 is 12.1 Å². The van der Waals surface area contributed by atoms with Crippen LogP contribution in [0.25, 0.3) is 0 Å². The van der Waals surface area contributed by atoms with Crippen LogP contribution in [0.5, 0.6) is 0 Å². The van der Waals surface area contributed by atoms with E-state index in [1.54, 1.807) is 12.1 Å². The van der Waals surface area contributed by atoms with Gasteiger partial charge in [-0.25, -0.2) is 4.79 Å². The lowest BCUT2D eigenvalue weighted by Gasteiger charge is -2.29. The zero-order chi connectivity index (χ0) is 18.6. The lowest BCUT2D eigenvalue weighted by atomic mass is 9.87. The highest BCUT2D eigenvalue weighted by Crippen LogP contribution is 2.31. The highest BCUT2D eigenvalue weighted by Gasteiger charge is 2.31. The third-order valence-electron chi connectivity index (χ3n) is 4.34. The Morgan fingerprint density at radius 3 is 2.44 bits per heavy atom. The summed E-state index contributed by atoms with van der Waals surface area (Å²) in [5, 5.41) is 14.7. The van der Waals surface area contributed by atoms with Crippen LogP contribution < -0.4 is 10.6 Å². The average Bonchev–Trinajstić information content (AvgIpc) is 2.52. The quantitative estimate of drug-likeness (QED) is 0.757. The predicted molar refractivity (Wildman–Crippen MR) is 97.3 cm³/mol. The number of amides is 2. The van der Waals surface area contributed by atoms with Gasteiger partial charge in [0.05, 0.1) is 0 Å². The van der Waals surface area contributed by atoms with E-state index in [-0.39, 0.29) is 17.2 Å². The van der Waals surface area contributed by atoms with Gasteiger partial charge in [-0.05, 0) is 41.9 Å². The van der Waals surface area contributed by atoms with E-state index in [2.05, 4.69) is 31.4 Å². The number of hydrogen-bond acceptors (Lipinski definition) is 3. The SMILES string of the molecule is CC(C)(C)c1ccc(NC(=O)C(NC(=O)O)C2CCOCC2)cc1Cl. The van der Waals surface area contributed by atoms with Crippen LogP contribution in [-0.4, -0.2) is 36.4 Å². The molecule has 1 aromatic carbocycles. The fourth-order valence-electron chi connectivity index (χ4n) is 3.00. The summed E-state index contributed by atoms with van der Waals surface area (Å²) in [4.78, 5) is 23.7.